The topological polar surface area (TPSA) is 12.4 Å². The minimum absolute atomic E-state index is 0.342. The largest absolute Gasteiger partial charge is 0.257 e. The summed E-state index contributed by atoms with van der Waals surface area (Å²) in [5.41, 5.74) is 5.60. The van der Waals surface area contributed by atoms with E-state index in [4.69, 9.17) is 4.99 Å². The van der Waals surface area contributed by atoms with Gasteiger partial charge in [-0.05, 0) is 29.9 Å². The molecule has 0 aliphatic carbocycles. The molecule has 0 N–H and O–H groups in total. The van der Waals surface area contributed by atoms with Crippen molar-refractivity contribution in [3.63, 3.8) is 0 Å². The number of hydrogen-bond acceptors (Lipinski definition) is 1. The van der Waals surface area contributed by atoms with Gasteiger partial charge in [0.1, 0.15) is 0 Å². The molecule has 0 spiro atoms. The van der Waals surface area contributed by atoms with Gasteiger partial charge in [0.2, 0.25) is 0 Å². The summed E-state index contributed by atoms with van der Waals surface area (Å²) in [6.07, 6.45) is 2.15. The van der Waals surface area contributed by atoms with Crippen molar-refractivity contribution >= 4 is 11.4 Å². The molecule has 0 unspecified atom stereocenters. The van der Waals surface area contributed by atoms with Crippen LogP contribution < -0.4 is 0 Å². The number of hydrogen-bond donors (Lipinski definition) is 0. The molecule has 0 amide bonds. The number of aryl methyl sites for hydroxylation is 1. The molecule has 2 rings (SSSR count). The molecule has 1 aromatic rings. The second kappa shape index (κ2) is 3.48. The maximum atomic E-state index is 4.75. The van der Waals surface area contributed by atoms with E-state index in [2.05, 4.69) is 45.9 Å². The van der Waals surface area contributed by atoms with E-state index in [-0.39, 0.29) is 0 Å². The van der Waals surface area contributed by atoms with E-state index in [0.717, 1.165) is 12.8 Å². The van der Waals surface area contributed by atoms with Crippen LogP contribution in [0.5, 0.6) is 0 Å². The lowest BCUT2D eigenvalue weighted by Crippen LogP contribution is -2.12. The van der Waals surface area contributed by atoms with Crippen molar-refractivity contribution in [3.05, 3.63) is 29.3 Å². The van der Waals surface area contributed by atoms with Gasteiger partial charge in [-0.3, -0.25) is 4.99 Å². The van der Waals surface area contributed by atoms with E-state index in [1.54, 1.807) is 0 Å². The second-order valence-corrected chi connectivity index (χ2v) is 5.67. The molecule has 0 aromatic heterocycles. The Morgan fingerprint density at radius 1 is 1.27 bits per heavy atom. The van der Waals surface area contributed by atoms with Crippen LogP contribution in [-0.2, 0) is 6.42 Å². The summed E-state index contributed by atoms with van der Waals surface area (Å²) in [6.45, 7) is 8.95. The zero-order chi connectivity index (χ0) is 11.1. The molecule has 1 aliphatic heterocycles. The number of benzene rings is 1. The number of rotatable bonds is 1. The molecule has 1 heteroatoms. The highest BCUT2D eigenvalue weighted by atomic mass is 14.8. The molecule has 80 valence electrons. The van der Waals surface area contributed by atoms with Gasteiger partial charge in [-0.1, -0.05) is 39.0 Å². The minimum atomic E-state index is 0.342. The average Bonchev–Trinajstić information content (AvgIpc) is 2.45. The molecule has 1 heterocycles. The number of fused-ring (bicyclic) bond motifs is 1. The summed E-state index contributed by atoms with van der Waals surface area (Å²) in [5.74, 6) is 0. The SMILES string of the molecule is Cc1cccc2c1N=C(CC(C)(C)C)C2. The monoisotopic (exact) mass is 201 g/mol. The van der Waals surface area contributed by atoms with Gasteiger partial charge in [0.15, 0.2) is 0 Å². The van der Waals surface area contributed by atoms with E-state index < -0.39 is 0 Å². The van der Waals surface area contributed by atoms with E-state index >= 15 is 0 Å². The van der Waals surface area contributed by atoms with Crippen molar-refractivity contribution in [1.82, 2.24) is 0 Å². The molecule has 1 aliphatic rings. The fraction of sp³-hybridized carbons (Fsp3) is 0.500. The average molecular weight is 201 g/mol. The Morgan fingerprint density at radius 3 is 2.60 bits per heavy atom. The molecule has 1 nitrogen and oxygen atoms in total. The van der Waals surface area contributed by atoms with Crippen LogP contribution in [0.1, 0.15) is 38.3 Å². The Bertz CT molecular complexity index is 408. The number of aliphatic imine (C=N–C) groups is 1. The Morgan fingerprint density at radius 2 is 2.00 bits per heavy atom. The van der Waals surface area contributed by atoms with Crippen LogP contribution in [0.3, 0.4) is 0 Å². The van der Waals surface area contributed by atoms with Gasteiger partial charge in [0, 0.05) is 12.1 Å². The summed E-state index contributed by atoms with van der Waals surface area (Å²) >= 11 is 0. The lowest BCUT2D eigenvalue weighted by molar-refractivity contribution is 0.432. The predicted octanol–water partition coefficient (Wildman–Crippen LogP) is 4.06. The van der Waals surface area contributed by atoms with Crippen LogP contribution >= 0.6 is 0 Å². The van der Waals surface area contributed by atoms with Gasteiger partial charge in [0.05, 0.1) is 5.69 Å². The first-order valence-electron chi connectivity index (χ1n) is 5.61. The normalized spacial score (nSPS) is 15.1. The van der Waals surface area contributed by atoms with Crippen LogP contribution in [0.4, 0.5) is 5.69 Å². The van der Waals surface area contributed by atoms with Gasteiger partial charge in [0.25, 0.3) is 0 Å². The molecule has 0 fully saturated rings. The van der Waals surface area contributed by atoms with Gasteiger partial charge in [-0.2, -0.15) is 0 Å². The molecule has 0 saturated carbocycles. The molecule has 0 bridgehead atoms. The summed E-state index contributed by atoms with van der Waals surface area (Å²) < 4.78 is 0. The molecule has 15 heavy (non-hydrogen) atoms. The highest BCUT2D eigenvalue weighted by molar-refractivity contribution is 5.94. The highest BCUT2D eigenvalue weighted by Crippen LogP contribution is 2.33. The van der Waals surface area contributed by atoms with E-state index in [9.17, 15) is 0 Å². The molecule has 0 saturated heterocycles. The predicted molar refractivity (Wildman–Crippen MR) is 66.1 cm³/mol. The van der Waals surface area contributed by atoms with Gasteiger partial charge in [-0.25, -0.2) is 0 Å². The van der Waals surface area contributed by atoms with E-state index in [0.29, 0.717) is 5.41 Å². The van der Waals surface area contributed by atoms with Crippen molar-refractivity contribution in [1.29, 1.82) is 0 Å². The molecule has 1 aromatic carbocycles. The summed E-state index contributed by atoms with van der Waals surface area (Å²) in [4.78, 5) is 4.75. The highest BCUT2D eigenvalue weighted by Gasteiger charge is 2.20. The first-order chi connectivity index (χ1) is 6.96. The standard InChI is InChI=1S/C14H19N/c1-10-6-5-7-11-8-12(15-13(10)11)9-14(2,3)4/h5-7H,8-9H2,1-4H3. The zero-order valence-electron chi connectivity index (χ0n) is 10.1. The van der Waals surface area contributed by atoms with Crippen molar-refractivity contribution in [3.8, 4) is 0 Å². The van der Waals surface area contributed by atoms with Gasteiger partial charge in [-0.15, -0.1) is 0 Å². The maximum absolute atomic E-state index is 4.75. The Labute approximate surface area is 92.2 Å². The third-order valence-corrected chi connectivity index (χ3v) is 2.72. The van der Waals surface area contributed by atoms with Crippen LogP contribution in [0.25, 0.3) is 0 Å². The maximum Gasteiger partial charge on any atom is 0.0694 e. The first-order valence-corrected chi connectivity index (χ1v) is 5.61. The second-order valence-electron chi connectivity index (χ2n) is 5.67. The lowest BCUT2D eigenvalue weighted by Gasteiger charge is -2.17. The van der Waals surface area contributed by atoms with Gasteiger partial charge >= 0.3 is 0 Å². The van der Waals surface area contributed by atoms with Crippen molar-refractivity contribution < 1.29 is 0 Å². The van der Waals surface area contributed by atoms with Crippen LogP contribution in [0, 0.1) is 12.3 Å². The van der Waals surface area contributed by atoms with Crippen molar-refractivity contribution in [2.45, 2.75) is 40.5 Å². The molecule has 0 atom stereocenters. The zero-order valence-corrected chi connectivity index (χ0v) is 10.1. The lowest BCUT2D eigenvalue weighted by atomic mass is 9.88. The fourth-order valence-corrected chi connectivity index (χ4v) is 2.15. The summed E-state index contributed by atoms with van der Waals surface area (Å²) in [6, 6.07) is 6.47. The van der Waals surface area contributed by atoms with Crippen molar-refractivity contribution in [2.75, 3.05) is 0 Å². The summed E-state index contributed by atoms with van der Waals surface area (Å²) in [5, 5.41) is 0. The van der Waals surface area contributed by atoms with Crippen LogP contribution in [-0.4, -0.2) is 5.71 Å². The Balaban J connectivity index is 2.24. The summed E-state index contributed by atoms with van der Waals surface area (Å²) in [7, 11) is 0. The quantitative estimate of drug-likeness (QED) is 0.649. The molecular formula is C14H19N. The number of para-hydroxylation sites is 1. The van der Waals surface area contributed by atoms with E-state index in [1.807, 2.05) is 0 Å². The van der Waals surface area contributed by atoms with E-state index in [1.165, 1.54) is 22.5 Å². The van der Waals surface area contributed by atoms with Crippen LogP contribution in [0.15, 0.2) is 23.2 Å². The van der Waals surface area contributed by atoms with Crippen LogP contribution in [0.2, 0.25) is 0 Å². The Hall–Kier alpha value is -1.11. The fourth-order valence-electron chi connectivity index (χ4n) is 2.15. The minimum Gasteiger partial charge on any atom is -0.257 e. The molecular weight excluding hydrogens is 182 g/mol. The van der Waals surface area contributed by atoms with Gasteiger partial charge < -0.3 is 0 Å². The smallest absolute Gasteiger partial charge is 0.0694 e. The molecule has 0 radical (unpaired) electrons. The number of nitrogens with zero attached hydrogens (tertiary/aromatic N) is 1. The first kappa shape index (κ1) is 10.4. The van der Waals surface area contributed by atoms with Crippen molar-refractivity contribution in [2.24, 2.45) is 10.4 Å². The Kier molecular flexibility index (Phi) is 2.41. The third kappa shape index (κ3) is 2.28. The third-order valence-electron chi connectivity index (χ3n) is 2.72.